The maximum atomic E-state index is 12.4. The quantitative estimate of drug-likeness (QED) is 0.0343. The van der Waals surface area contributed by atoms with Crippen molar-refractivity contribution in [3.63, 3.8) is 0 Å². The number of benzene rings is 2. The summed E-state index contributed by atoms with van der Waals surface area (Å²) >= 11 is 0. The maximum Gasteiger partial charge on any atom is 0.337 e. The lowest BCUT2D eigenvalue weighted by molar-refractivity contribution is -0.157. The molecule has 11 heteroatoms. The van der Waals surface area contributed by atoms with Crippen molar-refractivity contribution in [2.45, 2.75) is 109 Å². The standard InChI is InChI=1S/C36H46N2O9/c1-2-3-4-11-14-31(46-35(42)25-44-26-36(43)47-33-23-19-30(20-24-33)38-28-40)15-12-9-7-5-6-8-10-13-16-34(41)45-32-21-17-29(18-22-32)37-27-39/h17-24,31H,2-16,25-26H2,1H3/t31-/m1/s1. The largest absolute Gasteiger partial charge is 0.461 e. The number of unbranched alkanes of at least 4 members (excludes halogenated alkanes) is 10. The minimum Gasteiger partial charge on any atom is -0.461 e. The molecule has 2 aromatic carbocycles. The number of nitrogens with zero attached hydrogens (tertiary/aromatic N) is 2. The first-order chi connectivity index (χ1) is 22.9. The Bertz CT molecular complexity index is 1300. The molecule has 0 aliphatic rings. The van der Waals surface area contributed by atoms with Crippen LogP contribution in [-0.2, 0) is 33.4 Å². The van der Waals surface area contributed by atoms with E-state index in [-0.39, 0.29) is 24.4 Å². The van der Waals surface area contributed by atoms with Gasteiger partial charge in [-0.05, 0) is 80.6 Å². The van der Waals surface area contributed by atoms with Gasteiger partial charge < -0.3 is 18.9 Å². The topological polar surface area (TPSA) is 147 Å². The average Bonchev–Trinajstić information content (AvgIpc) is 3.06. The van der Waals surface area contributed by atoms with E-state index in [1.807, 2.05) is 0 Å². The minimum absolute atomic E-state index is 0.176. The number of carbonyl (C=O) groups excluding carboxylic acids is 5. The Balaban J connectivity index is 1.56. The van der Waals surface area contributed by atoms with Crippen LogP contribution < -0.4 is 9.47 Å². The van der Waals surface area contributed by atoms with Gasteiger partial charge in [-0.1, -0.05) is 64.7 Å². The molecular weight excluding hydrogens is 604 g/mol. The Hall–Kier alpha value is -4.43. The van der Waals surface area contributed by atoms with Crippen LogP contribution >= 0.6 is 0 Å². The van der Waals surface area contributed by atoms with Gasteiger partial charge in [0.1, 0.15) is 30.8 Å². The van der Waals surface area contributed by atoms with E-state index in [0.717, 1.165) is 89.9 Å². The number of hydrogen-bond donors (Lipinski definition) is 0. The second-order valence-corrected chi connectivity index (χ2v) is 11.2. The summed E-state index contributed by atoms with van der Waals surface area (Å²) < 4.78 is 21.4. The zero-order chi connectivity index (χ0) is 34.0. The Morgan fingerprint density at radius 1 is 0.596 bits per heavy atom. The summed E-state index contributed by atoms with van der Waals surface area (Å²) in [6, 6.07) is 12.4. The van der Waals surface area contributed by atoms with Crippen molar-refractivity contribution in [3.05, 3.63) is 48.5 Å². The highest BCUT2D eigenvalue weighted by Crippen LogP contribution is 2.20. The van der Waals surface area contributed by atoms with Crippen LogP contribution in [0.1, 0.15) is 103 Å². The van der Waals surface area contributed by atoms with Gasteiger partial charge in [0.05, 0.1) is 11.4 Å². The van der Waals surface area contributed by atoms with E-state index in [2.05, 4.69) is 16.9 Å². The molecule has 11 nitrogen and oxygen atoms in total. The Labute approximate surface area is 276 Å². The van der Waals surface area contributed by atoms with Crippen LogP contribution in [0, 0.1) is 0 Å². The number of aliphatic imine (C=N–C) groups is 2. The van der Waals surface area contributed by atoms with Crippen LogP contribution in [0.5, 0.6) is 11.5 Å². The third-order valence-electron chi connectivity index (χ3n) is 7.26. The van der Waals surface area contributed by atoms with Gasteiger partial charge in [-0.2, -0.15) is 9.98 Å². The smallest absolute Gasteiger partial charge is 0.337 e. The summed E-state index contributed by atoms with van der Waals surface area (Å²) in [4.78, 5) is 64.0. The third kappa shape index (κ3) is 19.0. The van der Waals surface area contributed by atoms with Gasteiger partial charge >= 0.3 is 17.9 Å². The molecule has 1 atom stereocenters. The molecule has 0 N–H and O–H groups in total. The molecule has 0 spiro atoms. The van der Waals surface area contributed by atoms with E-state index < -0.39 is 18.5 Å². The van der Waals surface area contributed by atoms with Crippen LogP contribution in [0.3, 0.4) is 0 Å². The van der Waals surface area contributed by atoms with Gasteiger partial charge in [0.15, 0.2) is 0 Å². The molecule has 2 rings (SSSR count). The highest BCUT2D eigenvalue weighted by molar-refractivity contribution is 5.75. The zero-order valence-electron chi connectivity index (χ0n) is 27.3. The molecule has 254 valence electrons. The molecule has 0 aliphatic carbocycles. The highest BCUT2D eigenvalue weighted by Gasteiger charge is 2.16. The van der Waals surface area contributed by atoms with Crippen LogP contribution in [-0.4, -0.2) is 49.4 Å². The van der Waals surface area contributed by atoms with Crippen molar-refractivity contribution in [3.8, 4) is 11.5 Å². The van der Waals surface area contributed by atoms with Gasteiger partial charge in [-0.3, -0.25) is 4.79 Å². The number of esters is 3. The molecule has 0 heterocycles. The van der Waals surface area contributed by atoms with Crippen molar-refractivity contribution < 1.29 is 42.9 Å². The van der Waals surface area contributed by atoms with Gasteiger partial charge in [0.2, 0.25) is 12.2 Å². The van der Waals surface area contributed by atoms with Crippen LogP contribution in [0.4, 0.5) is 11.4 Å². The number of hydrogen-bond acceptors (Lipinski definition) is 11. The number of carbonyl (C=O) groups is 3. The van der Waals surface area contributed by atoms with Gasteiger partial charge in [-0.25, -0.2) is 19.2 Å². The molecule has 0 unspecified atom stereocenters. The molecule has 0 aromatic heterocycles. The SMILES string of the molecule is CCCCCC[C@H](CCCCCCCCCCC(=O)Oc1ccc(N=C=O)cc1)OC(=O)COCC(=O)Oc1ccc(N=C=O)cc1. The third-order valence-corrected chi connectivity index (χ3v) is 7.26. The monoisotopic (exact) mass is 650 g/mol. The molecule has 0 amide bonds. The average molecular weight is 651 g/mol. The summed E-state index contributed by atoms with van der Waals surface area (Å²) in [5.41, 5.74) is 0.849. The fourth-order valence-electron chi connectivity index (χ4n) is 4.83. The number of ether oxygens (including phenoxy) is 4. The molecule has 2 aromatic rings. The molecule has 47 heavy (non-hydrogen) atoms. The first kappa shape index (κ1) is 38.8. The van der Waals surface area contributed by atoms with Crippen molar-refractivity contribution in [2.75, 3.05) is 13.2 Å². The lowest BCUT2D eigenvalue weighted by Gasteiger charge is -2.18. The van der Waals surface area contributed by atoms with E-state index in [4.69, 9.17) is 18.9 Å². The Kier molecular flexibility index (Phi) is 20.4. The number of isocyanates is 2. The van der Waals surface area contributed by atoms with Crippen molar-refractivity contribution in [1.82, 2.24) is 0 Å². The van der Waals surface area contributed by atoms with Gasteiger partial charge in [0.25, 0.3) is 0 Å². The fourth-order valence-corrected chi connectivity index (χ4v) is 4.83. The lowest BCUT2D eigenvalue weighted by atomic mass is 10.0. The number of rotatable bonds is 25. The summed E-state index contributed by atoms with van der Waals surface area (Å²) in [6.07, 6.45) is 17.2. The first-order valence-corrected chi connectivity index (χ1v) is 16.5. The zero-order valence-corrected chi connectivity index (χ0v) is 27.3. The summed E-state index contributed by atoms with van der Waals surface area (Å²) in [5.74, 6) is -0.738. The minimum atomic E-state index is -0.658. The summed E-state index contributed by atoms with van der Waals surface area (Å²) in [5, 5.41) is 0. The van der Waals surface area contributed by atoms with E-state index in [0.29, 0.717) is 23.5 Å². The second kappa shape index (κ2) is 24.8. The molecular formula is C36H46N2O9. The molecule has 0 aliphatic heterocycles. The highest BCUT2D eigenvalue weighted by atomic mass is 16.6. The predicted octanol–water partition coefficient (Wildman–Crippen LogP) is 7.93. The van der Waals surface area contributed by atoms with Crippen LogP contribution in [0.25, 0.3) is 0 Å². The van der Waals surface area contributed by atoms with Crippen molar-refractivity contribution in [1.29, 1.82) is 0 Å². The second-order valence-electron chi connectivity index (χ2n) is 11.2. The maximum absolute atomic E-state index is 12.4. The van der Waals surface area contributed by atoms with Crippen molar-refractivity contribution >= 4 is 41.4 Å². The Morgan fingerprint density at radius 2 is 1.04 bits per heavy atom. The van der Waals surface area contributed by atoms with Crippen LogP contribution in [0.15, 0.2) is 58.5 Å². The van der Waals surface area contributed by atoms with E-state index in [1.54, 1.807) is 24.3 Å². The molecule has 0 saturated carbocycles. The summed E-state index contributed by atoms with van der Waals surface area (Å²) in [6.45, 7) is 1.42. The fraction of sp³-hybridized carbons (Fsp3) is 0.528. The molecule has 0 radical (unpaired) electrons. The van der Waals surface area contributed by atoms with Gasteiger partial charge in [-0.15, -0.1) is 0 Å². The Morgan fingerprint density at radius 3 is 1.55 bits per heavy atom. The molecule has 0 bridgehead atoms. The normalized spacial score (nSPS) is 11.1. The van der Waals surface area contributed by atoms with Crippen LogP contribution in [0.2, 0.25) is 0 Å². The van der Waals surface area contributed by atoms with Crippen molar-refractivity contribution in [2.24, 2.45) is 9.98 Å². The molecule has 0 saturated heterocycles. The lowest BCUT2D eigenvalue weighted by Crippen LogP contribution is -2.24. The summed E-state index contributed by atoms with van der Waals surface area (Å²) in [7, 11) is 0. The first-order valence-electron chi connectivity index (χ1n) is 16.5. The van der Waals surface area contributed by atoms with E-state index in [9.17, 15) is 24.0 Å². The van der Waals surface area contributed by atoms with Gasteiger partial charge in [0, 0.05) is 6.42 Å². The van der Waals surface area contributed by atoms with E-state index in [1.165, 1.54) is 36.4 Å². The van der Waals surface area contributed by atoms with E-state index >= 15 is 0 Å². The predicted molar refractivity (Wildman–Crippen MR) is 175 cm³/mol. The molecule has 0 fully saturated rings.